The lowest BCUT2D eigenvalue weighted by Crippen LogP contribution is -2.40. The lowest BCUT2D eigenvalue weighted by Gasteiger charge is -2.27. The van der Waals surface area contributed by atoms with E-state index in [1.165, 1.54) is 13.2 Å². The minimum absolute atomic E-state index is 0.0679. The number of pyridine rings is 1. The summed E-state index contributed by atoms with van der Waals surface area (Å²) in [6.45, 7) is 1.06. The van der Waals surface area contributed by atoms with Gasteiger partial charge in [0.1, 0.15) is 0 Å². The van der Waals surface area contributed by atoms with Gasteiger partial charge in [0, 0.05) is 18.2 Å². The number of halogens is 1. The Bertz CT molecular complexity index is 571. The van der Waals surface area contributed by atoms with Gasteiger partial charge in [0.2, 0.25) is 11.8 Å². The summed E-state index contributed by atoms with van der Waals surface area (Å²) in [6.07, 6.45) is 5.07. The first-order valence-electron chi connectivity index (χ1n) is 8.18. The highest BCUT2D eigenvalue weighted by Gasteiger charge is 2.23. The molecule has 1 saturated carbocycles. The van der Waals surface area contributed by atoms with Crippen molar-refractivity contribution in [2.75, 3.05) is 19.0 Å². The molecule has 0 radical (unpaired) electrons. The number of rotatable bonds is 6. The lowest BCUT2D eigenvalue weighted by atomic mass is 9.93. The quantitative estimate of drug-likeness (QED) is 0.741. The molecule has 0 spiro atoms. The fourth-order valence-electron chi connectivity index (χ4n) is 2.87. The van der Waals surface area contributed by atoms with Crippen molar-refractivity contribution in [1.29, 1.82) is 0 Å². The van der Waals surface area contributed by atoms with Crippen LogP contribution >= 0.6 is 0 Å². The van der Waals surface area contributed by atoms with Gasteiger partial charge in [0.25, 0.3) is 0 Å². The third-order valence-corrected chi connectivity index (χ3v) is 4.48. The van der Waals surface area contributed by atoms with Crippen LogP contribution in [0.1, 0.15) is 37.7 Å². The first-order valence-corrected chi connectivity index (χ1v) is 8.18. The average Bonchev–Trinajstić information content (AvgIpc) is 3.04. The molecule has 2 heterocycles. The van der Waals surface area contributed by atoms with Crippen LogP contribution in [0.2, 0.25) is 0 Å². The van der Waals surface area contributed by atoms with E-state index in [1.807, 2.05) is 0 Å². The molecule has 1 aliphatic carbocycles. The zero-order valence-corrected chi connectivity index (χ0v) is 13.3. The summed E-state index contributed by atoms with van der Waals surface area (Å²) in [6, 6.07) is 1.52. The standard InChI is InChI=1S/C16H23FN4O2/c1-23-16-10(9-19-15(22)13-6-3-7-18-13)8-12(17)14(21-16)20-11-4-2-5-11/h8,11,13,18H,2-7,9H2,1H3,(H,19,22)(H,20,21). The van der Waals surface area contributed by atoms with Crippen molar-refractivity contribution in [3.63, 3.8) is 0 Å². The largest absolute Gasteiger partial charge is 0.481 e. The first-order chi connectivity index (χ1) is 11.2. The molecule has 7 heteroatoms. The van der Waals surface area contributed by atoms with Crippen LogP contribution in [-0.4, -0.2) is 36.6 Å². The second-order valence-corrected chi connectivity index (χ2v) is 6.13. The van der Waals surface area contributed by atoms with Gasteiger partial charge in [-0.3, -0.25) is 4.79 Å². The maximum Gasteiger partial charge on any atom is 0.237 e. The van der Waals surface area contributed by atoms with Gasteiger partial charge in [-0.15, -0.1) is 0 Å². The molecule has 1 saturated heterocycles. The molecule has 1 aromatic heterocycles. The molecule has 1 unspecified atom stereocenters. The molecule has 2 fully saturated rings. The summed E-state index contributed by atoms with van der Waals surface area (Å²) in [7, 11) is 1.50. The third-order valence-electron chi connectivity index (χ3n) is 4.48. The molecule has 23 heavy (non-hydrogen) atoms. The topological polar surface area (TPSA) is 75.3 Å². The Balaban J connectivity index is 1.65. The van der Waals surface area contributed by atoms with Crippen molar-refractivity contribution in [1.82, 2.24) is 15.6 Å². The number of ether oxygens (including phenoxy) is 1. The van der Waals surface area contributed by atoms with Crippen molar-refractivity contribution < 1.29 is 13.9 Å². The number of anilines is 1. The second kappa shape index (κ2) is 7.12. The van der Waals surface area contributed by atoms with E-state index in [4.69, 9.17) is 4.74 Å². The highest BCUT2D eigenvalue weighted by atomic mass is 19.1. The summed E-state index contributed by atoms with van der Waals surface area (Å²) >= 11 is 0. The zero-order chi connectivity index (χ0) is 16.2. The lowest BCUT2D eigenvalue weighted by molar-refractivity contribution is -0.122. The summed E-state index contributed by atoms with van der Waals surface area (Å²) in [5.74, 6) is 0.0783. The van der Waals surface area contributed by atoms with Gasteiger partial charge in [0.15, 0.2) is 11.6 Å². The number of hydrogen-bond acceptors (Lipinski definition) is 5. The molecule has 1 aromatic rings. The van der Waals surface area contributed by atoms with Crippen LogP contribution in [-0.2, 0) is 11.3 Å². The number of nitrogens with one attached hydrogen (secondary N) is 3. The summed E-state index contributed by atoms with van der Waals surface area (Å²) in [4.78, 5) is 16.2. The molecule has 2 aliphatic rings. The molecule has 3 rings (SSSR count). The number of aromatic nitrogens is 1. The van der Waals surface area contributed by atoms with Gasteiger partial charge in [0.05, 0.1) is 13.2 Å². The average molecular weight is 322 g/mol. The number of amides is 1. The minimum Gasteiger partial charge on any atom is -0.481 e. The number of carbonyl (C=O) groups excluding carboxylic acids is 1. The Morgan fingerprint density at radius 2 is 2.26 bits per heavy atom. The van der Waals surface area contributed by atoms with Crippen molar-refractivity contribution in [2.45, 2.75) is 50.7 Å². The number of methoxy groups -OCH3 is 1. The fourth-order valence-corrected chi connectivity index (χ4v) is 2.87. The van der Waals surface area contributed by atoms with Crippen LogP contribution in [0.4, 0.5) is 10.2 Å². The molecule has 0 bridgehead atoms. The maximum absolute atomic E-state index is 14.2. The number of hydrogen-bond donors (Lipinski definition) is 3. The van der Waals surface area contributed by atoms with E-state index in [0.29, 0.717) is 17.5 Å². The van der Waals surface area contributed by atoms with Crippen LogP contribution in [0.3, 0.4) is 0 Å². The van der Waals surface area contributed by atoms with Gasteiger partial charge in [-0.25, -0.2) is 4.39 Å². The van der Waals surface area contributed by atoms with E-state index in [9.17, 15) is 9.18 Å². The van der Waals surface area contributed by atoms with Crippen molar-refractivity contribution in [2.24, 2.45) is 0 Å². The van der Waals surface area contributed by atoms with E-state index < -0.39 is 5.82 Å². The molecule has 1 amide bonds. The van der Waals surface area contributed by atoms with Crippen LogP contribution in [0.15, 0.2) is 6.07 Å². The molecule has 0 aromatic carbocycles. The van der Waals surface area contributed by atoms with Crippen molar-refractivity contribution in [3.05, 3.63) is 17.4 Å². The van der Waals surface area contributed by atoms with E-state index >= 15 is 0 Å². The van der Waals surface area contributed by atoms with Gasteiger partial charge in [-0.05, 0) is 44.7 Å². The van der Waals surface area contributed by atoms with Crippen LogP contribution in [0.5, 0.6) is 5.88 Å². The van der Waals surface area contributed by atoms with Gasteiger partial charge < -0.3 is 20.7 Å². The zero-order valence-electron chi connectivity index (χ0n) is 13.3. The Hall–Kier alpha value is -1.89. The highest BCUT2D eigenvalue weighted by Crippen LogP contribution is 2.27. The number of nitrogens with zero attached hydrogens (tertiary/aromatic N) is 1. The molecular weight excluding hydrogens is 299 g/mol. The molecule has 1 atom stereocenters. The second-order valence-electron chi connectivity index (χ2n) is 6.13. The van der Waals surface area contributed by atoms with Crippen LogP contribution in [0, 0.1) is 5.82 Å². The van der Waals surface area contributed by atoms with Gasteiger partial charge in [-0.2, -0.15) is 4.98 Å². The molecule has 6 nitrogen and oxygen atoms in total. The summed E-state index contributed by atoms with van der Waals surface area (Å²) < 4.78 is 19.5. The van der Waals surface area contributed by atoms with Crippen molar-refractivity contribution >= 4 is 11.7 Å². The van der Waals surface area contributed by atoms with E-state index in [-0.39, 0.29) is 24.3 Å². The van der Waals surface area contributed by atoms with Gasteiger partial charge in [-0.1, -0.05) is 0 Å². The molecule has 126 valence electrons. The minimum atomic E-state index is -0.416. The monoisotopic (exact) mass is 322 g/mol. The number of carbonyl (C=O) groups is 1. The Kier molecular flexibility index (Phi) is 4.95. The van der Waals surface area contributed by atoms with E-state index in [0.717, 1.165) is 38.6 Å². The Morgan fingerprint density at radius 1 is 1.43 bits per heavy atom. The SMILES string of the molecule is COc1nc(NC2CCC2)c(F)cc1CNC(=O)C1CCCN1. The molecular formula is C16H23FN4O2. The molecule has 1 aliphatic heterocycles. The predicted molar refractivity (Wildman–Crippen MR) is 84.9 cm³/mol. The smallest absolute Gasteiger partial charge is 0.237 e. The Morgan fingerprint density at radius 3 is 2.87 bits per heavy atom. The fraction of sp³-hybridized carbons (Fsp3) is 0.625. The highest BCUT2D eigenvalue weighted by molar-refractivity contribution is 5.82. The third kappa shape index (κ3) is 3.72. The summed E-state index contributed by atoms with van der Waals surface area (Å²) in [5.41, 5.74) is 0.538. The first kappa shape index (κ1) is 16.0. The Labute approximate surface area is 135 Å². The van der Waals surface area contributed by atoms with Crippen LogP contribution in [0.25, 0.3) is 0 Å². The maximum atomic E-state index is 14.2. The van der Waals surface area contributed by atoms with E-state index in [1.54, 1.807) is 0 Å². The molecule has 3 N–H and O–H groups in total. The normalized spacial score (nSPS) is 20.9. The summed E-state index contributed by atoms with van der Waals surface area (Å²) in [5, 5.41) is 9.04. The van der Waals surface area contributed by atoms with Crippen molar-refractivity contribution in [3.8, 4) is 5.88 Å². The predicted octanol–water partition coefficient (Wildman–Crippen LogP) is 1.56. The van der Waals surface area contributed by atoms with E-state index in [2.05, 4.69) is 20.9 Å². The van der Waals surface area contributed by atoms with Crippen LogP contribution < -0.4 is 20.7 Å². The van der Waals surface area contributed by atoms with Gasteiger partial charge >= 0.3 is 0 Å².